The van der Waals surface area contributed by atoms with Crippen LogP contribution in [0.1, 0.15) is 58.1 Å². The van der Waals surface area contributed by atoms with E-state index in [-0.39, 0.29) is 17.0 Å². The van der Waals surface area contributed by atoms with Gasteiger partial charge in [-0.15, -0.1) is 0 Å². The molecule has 1 saturated carbocycles. The minimum atomic E-state index is -0.572. The monoisotopic (exact) mass is 494 g/mol. The Hall–Kier alpha value is -3.19. The molecule has 35 heavy (non-hydrogen) atoms. The van der Waals surface area contributed by atoms with E-state index in [0.717, 1.165) is 42.5 Å². The molecule has 0 bridgehead atoms. The summed E-state index contributed by atoms with van der Waals surface area (Å²) in [6.45, 7) is 5.95. The molecular formula is C27H31ClN4O3. The largest absolute Gasteiger partial charge is 0.444 e. The number of halogens is 1. The number of hydrogen-bond donors (Lipinski definition) is 1. The molecule has 0 unspecified atom stereocenters. The fraction of sp³-hybridized carbons (Fsp3) is 0.407. The van der Waals surface area contributed by atoms with Crippen LogP contribution in [0.4, 0.5) is 4.79 Å². The van der Waals surface area contributed by atoms with Gasteiger partial charge in [-0.05, 0) is 82.3 Å². The molecule has 1 aliphatic rings. The van der Waals surface area contributed by atoms with Crippen molar-refractivity contribution in [2.24, 2.45) is 0 Å². The summed E-state index contributed by atoms with van der Waals surface area (Å²) in [6, 6.07) is 14.8. The quantitative estimate of drug-likeness (QED) is 0.503. The van der Waals surface area contributed by atoms with Gasteiger partial charge in [-0.2, -0.15) is 5.10 Å². The summed E-state index contributed by atoms with van der Waals surface area (Å²) in [6.07, 6.45) is 6.02. The Balaban J connectivity index is 1.56. The lowest BCUT2D eigenvalue weighted by Gasteiger charge is -2.41. The van der Waals surface area contributed by atoms with Crippen molar-refractivity contribution >= 4 is 17.7 Å². The predicted molar refractivity (Wildman–Crippen MR) is 137 cm³/mol. The molecule has 4 rings (SSSR count). The van der Waals surface area contributed by atoms with Gasteiger partial charge < -0.3 is 10.1 Å². The molecule has 0 spiro atoms. The number of amides is 1. The fourth-order valence-electron chi connectivity index (χ4n) is 4.70. The third kappa shape index (κ3) is 6.09. The summed E-state index contributed by atoms with van der Waals surface area (Å²) in [5.41, 5.74) is 1.65. The minimum Gasteiger partial charge on any atom is -0.444 e. The van der Waals surface area contributed by atoms with Crippen molar-refractivity contribution in [2.75, 3.05) is 6.54 Å². The van der Waals surface area contributed by atoms with Crippen molar-refractivity contribution < 1.29 is 9.53 Å². The van der Waals surface area contributed by atoms with Crippen molar-refractivity contribution in [2.45, 2.75) is 63.5 Å². The lowest BCUT2D eigenvalue weighted by atomic mass is 9.68. The van der Waals surface area contributed by atoms with E-state index < -0.39 is 11.7 Å². The Morgan fingerprint density at radius 1 is 1.17 bits per heavy atom. The Morgan fingerprint density at radius 2 is 1.94 bits per heavy atom. The molecule has 2 aromatic heterocycles. The van der Waals surface area contributed by atoms with Crippen molar-refractivity contribution in [1.29, 1.82) is 0 Å². The Morgan fingerprint density at radius 3 is 2.60 bits per heavy atom. The summed E-state index contributed by atoms with van der Waals surface area (Å²) < 4.78 is 7.06. The first-order valence-electron chi connectivity index (χ1n) is 11.9. The molecule has 1 amide bonds. The summed E-state index contributed by atoms with van der Waals surface area (Å²) in [4.78, 5) is 29.3. The highest BCUT2D eigenvalue weighted by Crippen LogP contribution is 2.43. The van der Waals surface area contributed by atoms with Crippen LogP contribution in [0.15, 0.2) is 65.7 Å². The number of carbonyl (C=O) groups is 1. The molecule has 8 heteroatoms. The zero-order valence-electron chi connectivity index (χ0n) is 20.3. The third-order valence-corrected chi connectivity index (χ3v) is 6.68. The molecule has 1 fully saturated rings. The van der Waals surface area contributed by atoms with E-state index >= 15 is 0 Å². The van der Waals surface area contributed by atoms with Crippen LogP contribution in [0.3, 0.4) is 0 Å². The van der Waals surface area contributed by atoms with Crippen molar-refractivity contribution in [3.8, 4) is 11.3 Å². The lowest BCUT2D eigenvalue weighted by Crippen LogP contribution is -2.45. The van der Waals surface area contributed by atoms with Crippen LogP contribution in [0.5, 0.6) is 0 Å². The number of nitrogens with one attached hydrogen (secondary N) is 1. The summed E-state index contributed by atoms with van der Waals surface area (Å²) in [5.74, 6) is 0. The van der Waals surface area contributed by atoms with E-state index in [4.69, 9.17) is 16.3 Å². The average molecular weight is 495 g/mol. The standard InChI is InChI=1S/C27H31ClN4O3/c1-26(2,3)35-25(34)30-18-27(20-7-4-8-21(28)16-20)13-11-22(12-14-27)32-24(33)10-9-23(31-32)19-6-5-15-29-17-19/h4-10,15-17,22H,11-14,18H2,1-3H3,(H,30,34)/t22-,27+. The number of hydrogen-bond acceptors (Lipinski definition) is 5. The lowest BCUT2D eigenvalue weighted by molar-refractivity contribution is 0.0504. The Labute approximate surface area is 210 Å². The van der Waals surface area contributed by atoms with E-state index in [2.05, 4.69) is 21.5 Å². The maximum atomic E-state index is 12.7. The van der Waals surface area contributed by atoms with Crippen molar-refractivity contribution in [3.05, 3.63) is 81.9 Å². The maximum absolute atomic E-state index is 12.7. The molecule has 1 aliphatic carbocycles. The van der Waals surface area contributed by atoms with Crippen LogP contribution in [-0.2, 0) is 10.2 Å². The fourth-order valence-corrected chi connectivity index (χ4v) is 4.89. The second kappa shape index (κ2) is 10.2. The second-order valence-corrected chi connectivity index (χ2v) is 10.6. The molecule has 0 radical (unpaired) electrons. The first-order valence-corrected chi connectivity index (χ1v) is 12.3. The smallest absolute Gasteiger partial charge is 0.407 e. The van der Waals surface area contributed by atoms with Crippen LogP contribution in [0.2, 0.25) is 5.02 Å². The first kappa shape index (κ1) is 24.9. The van der Waals surface area contributed by atoms with Gasteiger partial charge in [-0.3, -0.25) is 9.78 Å². The average Bonchev–Trinajstić information content (AvgIpc) is 2.83. The van der Waals surface area contributed by atoms with Gasteiger partial charge in [0.15, 0.2) is 0 Å². The topological polar surface area (TPSA) is 86.1 Å². The number of rotatable bonds is 5. The summed E-state index contributed by atoms with van der Waals surface area (Å²) in [7, 11) is 0. The molecule has 1 aromatic carbocycles. The van der Waals surface area contributed by atoms with Gasteiger partial charge in [-0.25, -0.2) is 9.48 Å². The van der Waals surface area contributed by atoms with E-state index in [1.165, 1.54) is 0 Å². The Bertz CT molecular complexity index is 1230. The molecule has 0 saturated heterocycles. The van der Waals surface area contributed by atoms with Crippen molar-refractivity contribution in [1.82, 2.24) is 20.1 Å². The van der Waals surface area contributed by atoms with Gasteiger partial charge in [0, 0.05) is 41.0 Å². The number of carbonyl (C=O) groups excluding carboxylic acids is 1. The zero-order valence-corrected chi connectivity index (χ0v) is 21.1. The van der Waals surface area contributed by atoms with E-state index in [1.54, 1.807) is 29.2 Å². The number of ether oxygens (including phenoxy) is 1. The highest BCUT2D eigenvalue weighted by molar-refractivity contribution is 6.30. The first-order chi connectivity index (χ1) is 16.7. The van der Waals surface area contributed by atoms with Crippen LogP contribution in [-0.4, -0.2) is 33.0 Å². The third-order valence-electron chi connectivity index (χ3n) is 6.45. The minimum absolute atomic E-state index is 0.0343. The predicted octanol–water partition coefficient (Wildman–Crippen LogP) is 5.54. The molecule has 0 aliphatic heterocycles. The van der Waals surface area contributed by atoms with E-state index in [9.17, 15) is 9.59 Å². The number of benzene rings is 1. The number of nitrogens with zero attached hydrogens (tertiary/aromatic N) is 3. The molecule has 2 heterocycles. The highest BCUT2D eigenvalue weighted by Gasteiger charge is 2.38. The van der Waals surface area contributed by atoms with Crippen molar-refractivity contribution in [3.63, 3.8) is 0 Å². The molecule has 1 N–H and O–H groups in total. The number of alkyl carbamates (subject to hydrolysis) is 1. The zero-order chi connectivity index (χ0) is 25.1. The summed E-state index contributed by atoms with van der Waals surface area (Å²) in [5, 5.41) is 8.29. The van der Waals surface area contributed by atoms with Gasteiger partial charge >= 0.3 is 6.09 Å². The number of aromatic nitrogens is 3. The molecule has 0 atom stereocenters. The van der Waals surface area contributed by atoms with Crippen LogP contribution in [0.25, 0.3) is 11.3 Å². The van der Waals surface area contributed by atoms with Gasteiger partial charge in [-0.1, -0.05) is 23.7 Å². The number of pyridine rings is 1. The van der Waals surface area contributed by atoms with Crippen LogP contribution < -0.4 is 10.9 Å². The Kier molecular flexibility index (Phi) is 7.26. The highest BCUT2D eigenvalue weighted by atomic mass is 35.5. The molecule has 184 valence electrons. The summed E-state index contributed by atoms with van der Waals surface area (Å²) >= 11 is 6.32. The van der Waals surface area contributed by atoms with Crippen LogP contribution >= 0.6 is 11.6 Å². The normalized spacial score (nSPS) is 20.3. The molecular weight excluding hydrogens is 464 g/mol. The second-order valence-electron chi connectivity index (χ2n) is 10.1. The van der Waals surface area contributed by atoms with E-state index in [1.807, 2.05) is 51.1 Å². The van der Waals surface area contributed by atoms with Gasteiger partial charge in [0.2, 0.25) is 0 Å². The molecule has 3 aromatic rings. The van der Waals surface area contributed by atoms with Crippen LogP contribution in [0, 0.1) is 0 Å². The van der Waals surface area contributed by atoms with Gasteiger partial charge in [0.1, 0.15) is 5.60 Å². The molecule has 7 nitrogen and oxygen atoms in total. The van der Waals surface area contributed by atoms with Gasteiger partial charge in [0.25, 0.3) is 5.56 Å². The SMILES string of the molecule is CC(C)(C)OC(=O)NC[C@]1(c2cccc(Cl)c2)CC[C@@H](n2nc(-c3cccnc3)ccc2=O)CC1. The maximum Gasteiger partial charge on any atom is 0.407 e. The van der Waals surface area contributed by atoms with E-state index in [0.29, 0.717) is 11.6 Å². The van der Waals surface area contributed by atoms with Gasteiger partial charge in [0.05, 0.1) is 11.7 Å².